The number of likely N-dealkylation sites (tertiary alicyclic amines) is 1. The number of nitrogens with zero attached hydrogens (tertiary/aromatic N) is 5. The Balaban J connectivity index is 1.51. The van der Waals surface area contributed by atoms with Gasteiger partial charge >= 0.3 is 0 Å². The second-order valence-corrected chi connectivity index (χ2v) is 6.73. The van der Waals surface area contributed by atoms with Crippen LogP contribution in [0.25, 0.3) is 0 Å². The van der Waals surface area contributed by atoms with Crippen LogP contribution in [0.5, 0.6) is 0 Å². The lowest BCUT2D eigenvalue weighted by Gasteiger charge is -2.24. The molecule has 124 valence electrons. The molecule has 7 heteroatoms. The van der Waals surface area contributed by atoms with Gasteiger partial charge in [-0.05, 0) is 18.6 Å². The van der Waals surface area contributed by atoms with Gasteiger partial charge in [-0.25, -0.2) is 9.97 Å². The molecule has 0 bridgehead atoms. The van der Waals surface area contributed by atoms with Gasteiger partial charge in [0, 0.05) is 44.7 Å². The Morgan fingerprint density at radius 2 is 2.04 bits per heavy atom. The first-order valence-corrected chi connectivity index (χ1v) is 8.04. The maximum absolute atomic E-state index is 12.7. The van der Waals surface area contributed by atoms with Crippen molar-refractivity contribution in [1.29, 1.82) is 0 Å². The Hall–Kier alpha value is -2.70. The third kappa shape index (κ3) is 2.36. The summed E-state index contributed by atoms with van der Waals surface area (Å²) < 4.78 is 1.83. The van der Waals surface area contributed by atoms with Crippen LogP contribution in [-0.4, -0.2) is 50.9 Å². The van der Waals surface area contributed by atoms with Crippen LogP contribution in [0.4, 0.5) is 5.69 Å². The highest BCUT2D eigenvalue weighted by Gasteiger charge is 2.49. The smallest absolute Gasteiger partial charge is 0.270 e. The van der Waals surface area contributed by atoms with E-state index in [-0.39, 0.29) is 17.2 Å². The predicted octanol–water partition coefficient (Wildman–Crippen LogP) is 1.08. The minimum Gasteiger partial charge on any atom is -0.347 e. The van der Waals surface area contributed by atoms with E-state index in [1.165, 1.54) is 6.33 Å². The van der Waals surface area contributed by atoms with E-state index in [0.29, 0.717) is 31.7 Å². The van der Waals surface area contributed by atoms with E-state index in [0.717, 1.165) is 12.1 Å². The van der Waals surface area contributed by atoms with E-state index in [1.54, 1.807) is 17.3 Å². The van der Waals surface area contributed by atoms with Gasteiger partial charge in [-0.3, -0.25) is 9.59 Å². The standard InChI is InChI=1S/C17H19N5O2/c1-20-5-2-3-14(20)16(24)21-6-4-17(10-21)7-15(23)22(11-17)13-8-18-12-19-9-13/h2-3,5,8-9,12H,4,6-7,10-11H2,1H3/t17-/m0/s1. The van der Waals surface area contributed by atoms with Gasteiger partial charge in [-0.15, -0.1) is 0 Å². The number of aromatic nitrogens is 3. The summed E-state index contributed by atoms with van der Waals surface area (Å²) in [6, 6.07) is 3.70. The zero-order chi connectivity index (χ0) is 16.7. The largest absolute Gasteiger partial charge is 0.347 e. The van der Waals surface area contributed by atoms with E-state index >= 15 is 0 Å². The van der Waals surface area contributed by atoms with Gasteiger partial charge < -0.3 is 14.4 Å². The second kappa shape index (κ2) is 5.43. The van der Waals surface area contributed by atoms with Crippen LogP contribution in [0.15, 0.2) is 37.1 Å². The molecule has 4 heterocycles. The molecule has 2 amide bonds. The Morgan fingerprint density at radius 3 is 2.75 bits per heavy atom. The zero-order valence-electron chi connectivity index (χ0n) is 13.6. The summed E-state index contributed by atoms with van der Waals surface area (Å²) in [7, 11) is 1.87. The highest BCUT2D eigenvalue weighted by atomic mass is 16.2. The SMILES string of the molecule is Cn1cccc1C(=O)N1CC[C@]2(CC(=O)N(c3cncnc3)C2)C1. The maximum Gasteiger partial charge on any atom is 0.270 e. The van der Waals surface area contributed by atoms with Crippen molar-refractivity contribution >= 4 is 17.5 Å². The van der Waals surface area contributed by atoms with Crippen LogP contribution in [0.2, 0.25) is 0 Å². The summed E-state index contributed by atoms with van der Waals surface area (Å²) >= 11 is 0. The van der Waals surface area contributed by atoms with Crippen LogP contribution in [-0.2, 0) is 11.8 Å². The van der Waals surface area contributed by atoms with Crippen molar-refractivity contribution in [1.82, 2.24) is 19.4 Å². The zero-order valence-corrected chi connectivity index (χ0v) is 13.6. The summed E-state index contributed by atoms with van der Waals surface area (Å²) in [4.78, 5) is 36.7. The quantitative estimate of drug-likeness (QED) is 0.828. The molecule has 0 aliphatic carbocycles. The molecule has 7 nitrogen and oxygen atoms in total. The first-order valence-electron chi connectivity index (χ1n) is 8.04. The molecule has 2 fully saturated rings. The van der Waals surface area contributed by atoms with Crippen molar-refractivity contribution in [2.24, 2.45) is 12.5 Å². The predicted molar refractivity (Wildman–Crippen MR) is 87.4 cm³/mol. The molecule has 0 aromatic carbocycles. The van der Waals surface area contributed by atoms with Crippen molar-refractivity contribution in [2.45, 2.75) is 12.8 Å². The van der Waals surface area contributed by atoms with Gasteiger partial charge in [0.25, 0.3) is 5.91 Å². The Morgan fingerprint density at radius 1 is 1.25 bits per heavy atom. The monoisotopic (exact) mass is 325 g/mol. The molecule has 4 rings (SSSR count). The number of hydrogen-bond acceptors (Lipinski definition) is 4. The summed E-state index contributed by atoms with van der Waals surface area (Å²) in [5.41, 5.74) is 1.25. The molecule has 1 spiro atoms. The lowest BCUT2D eigenvalue weighted by atomic mass is 9.86. The molecule has 2 aliphatic heterocycles. The number of amides is 2. The lowest BCUT2D eigenvalue weighted by Crippen LogP contribution is -2.34. The van der Waals surface area contributed by atoms with Crippen LogP contribution in [0.1, 0.15) is 23.3 Å². The molecule has 0 unspecified atom stereocenters. The number of rotatable bonds is 2. The second-order valence-electron chi connectivity index (χ2n) is 6.73. The van der Waals surface area contributed by atoms with Crippen molar-refractivity contribution in [3.05, 3.63) is 42.7 Å². The van der Waals surface area contributed by atoms with E-state index in [9.17, 15) is 9.59 Å². The molecule has 0 saturated carbocycles. The van der Waals surface area contributed by atoms with Gasteiger partial charge in [-0.2, -0.15) is 0 Å². The number of carbonyl (C=O) groups is 2. The van der Waals surface area contributed by atoms with Gasteiger partial charge in [0.15, 0.2) is 0 Å². The maximum atomic E-state index is 12.7. The third-order valence-electron chi connectivity index (χ3n) is 5.07. The van der Waals surface area contributed by atoms with Crippen molar-refractivity contribution in [3.63, 3.8) is 0 Å². The Bertz CT molecular complexity index is 787. The minimum atomic E-state index is -0.159. The van der Waals surface area contributed by atoms with Crippen LogP contribution in [0.3, 0.4) is 0 Å². The van der Waals surface area contributed by atoms with E-state index in [4.69, 9.17) is 0 Å². The molecule has 2 saturated heterocycles. The fourth-order valence-electron chi connectivity index (χ4n) is 3.79. The van der Waals surface area contributed by atoms with Crippen molar-refractivity contribution < 1.29 is 9.59 Å². The fourth-order valence-corrected chi connectivity index (χ4v) is 3.79. The van der Waals surface area contributed by atoms with E-state index in [2.05, 4.69) is 9.97 Å². The molecule has 2 aromatic heterocycles. The minimum absolute atomic E-state index is 0.0355. The first-order chi connectivity index (χ1) is 11.6. The van der Waals surface area contributed by atoms with E-state index in [1.807, 2.05) is 34.8 Å². The number of hydrogen-bond donors (Lipinski definition) is 0. The third-order valence-corrected chi connectivity index (χ3v) is 5.07. The molecular weight excluding hydrogens is 306 g/mol. The fraction of sp³-hybridized carbons (Fsp3) is 0.412. The highest BCUT2D eigenvalue weighted by Crippen LogP contribution is 2.41. The first kappa shape index (κ1) is 14.9. The summed E-state index contributed by atoms with van der Waals surface area (Å²) in [6.07, 6.45) is 7.96. The molecule has 2 aromatic rings. The Kier molecular flexibility index (Phi) is 3.37. The van der Waals surface area contributed by atoms with Crippen LogP contribution < -0.4 is 4.90 Å². The van der Waals surface area contributed by atoms with Crippen LogP contribution in [0, 0.1) is 5.41 Å². The van der Waals surface area contributed by atoms with Crippen molar-refractivity contribution in [2.75, 3.05) is 24.5 Å². The lowest BCUT2D eigenvalue weighted by molar-refractivity contribution is -0.117. The molecule has 0 N–H and O–H groups in total. The molecule has 0 radical (unpaired) electrons. The van der Waals surface area contributed by atoms with Gasteiger partial charge in [0.2, 0.25) is 5.91 Å². The van der Waals surface area contributed by atoms with Gasteiger partial charge in [0.05, 0.1) is 18.1 Å². The molecule has 24 heavy (non-hydrogen) atoms. The number of aryl methyl sites for hydroxylation is 1. The molecule has 2 aliphatic rings. The van der Waals surface area contributed by atoms with Crippen molar-refractivity contribution in [3.8, 4) is 0 Å². The topological polar surface area (TPSA) is 71.3 Å². The van der Waals surface area contributed by atoms with Gasteiger partial charge in [-0.1, -0.05) is 0 Å². The summed E-state index contributed by atoms with van der Waals surface area (Å²) in [5, 5.41) is 0. The number of carbonyl (C=O) groups excluding carboxylic acids is 2. The molecule has 1 atom stereocenters. The number of anilines is 1. The Labute approximate surface area is 139 Å². The highest BCUT2D eigenvalue weighted by molar-refractivity contribution is 5.97. The normalized spacial score (nSPS) is 23.5. The van der Waals surface area contributed by atoms with Crippen LogP contribution >= 0.6 is 0 Å². The average molecular weight is 325 g/mol. The molecular formula is C17H19N5O2. The van der Waals surface area contributed by atoms with E-state index < -0.39 is 0 Å². The van der Waals surface area contributed by atoms with Gasteiger partial charge in [0.1, 0.15) is 12.0 Å². The summed E-state index contributed by atoms with van der Waals surface area (Å²) in [6.45, 7) is 1.93. The average Bonchev–Trinajstić information content (AvgIpc) is 3.28. The summed E-state index contributed by atoms with van der Waals surface area (Å²) in [5.74, 6) is 0.117.